The first-order chi connectivity index (χ1) is 60.2. The molecule has 1 heterocycles. The van der Waals surface area contributed by atoms with Crippen LogP contribution >= 0.6 is 0 Å². The third kappa shape index (κ3) is 37.6. The fraction of sp³-hybridized carbons (Fsp3) is 0.188. The highest BCUT2D eigenvalue weighted by Crippen LogP contribution is 2.35. The van der Waals surface area contributed by atoms with Gasteiger partial charge in [-0.3, -0.25) is 20.2 Å². The highest BCUT2D eigenvalue weighted by atomic mass is 16.5. The van der Waals surface area contributed by atoms with Gasteiger partial charge in [0.2, 0.25) is 0 Å². The van der Waals surface area contributed by atoms with Crippen LogP contribution in [0.2, 0.25) is 0 Å². The van der Waals surface area contributed by atoms with Crippen molar-refractivity contribution in [1.29, 1.82) is 0 Å². The number of aliphatic carboxylic acids is 1. The third-order valence-corrected chi connectivity index (χ3v) is 18.2. The number of esters is 1. The number of hydrazine groups is 1. The summed E-state index contributed by atoms with van der Waals surface area (Å²) < 4.78 is 9.41. The number of hydrogen-bond acceptors (Lipinski definition) is 31. The number of allylic oxidation sites excluding steroid dienone is 3. The number of ketones is 1. The monoisotopic (exact) mass is 1770 g/mol. The summed E-state index contributed by atoms with van der Waals surface area (Å²) in [6.07, 6.45) is 12.6. The van der Waals surface area contributed by atoms with Gasteiger partial charge in [-0.25, -0.2) is 10.2 Å². The highest BCUT2D eigenvalue weighted by molar-refractivity contribution is 5.91. The van der Waals surface area contributed by atoms with Crippen LogP contribution in [-0.4, -0.2) is 154 Å². The number of methoxy groups -OCH3 is 1. The zero-order valence-electron chi connectivity index (χ0n) is 70.8. The third-order valence-electron chi connectivity index (χ3n) is 18.2. The number of phenols is 20. The second-order valence-electron chi connectivity index (χ2n) is 29.3. The van der Waals surface area contributed by atoms with Crippen LogP contribution in [0.15, 0.2) is 234 Å². The molecule has 0 aliphatic carbocycles. The number of carboxylic acids is 1. The average Bonchev–Trinajstić information content (AvgIpc) is 0.808. The molecule has 680 valence electrons. The first-order valence-electron chi connectivity index (χ1n) is 38.7. The Morgan fingerprint density at radius 1 is 0.406 bits per heavy atom. The Labute approximate surface area is 736 Å². The van der Waals surface area contributed by atoms with Gasteiger partial charge in [-0.05, 0) is 247 Å². The van der Waals surface area contributed by atoms with E-state index in [1.807, 2.05) is 19.1 Å². The van der Waals surface area contributed by atoms with Gasteiger partial charge < -0.3 is 132 Å². The van der Waals surface area contributed by atoms with Crippen molar-refractivity contribution in [1.82, 2.24) is 10.7 Å². The maximum atomic E-state index is 11.1. The van der Waals surface area contributed by atoms with E-state index < -0.39 is 17.1 Å². The SMILES string of the molecule is C=C(C)NCCc1ccc(O)c(O)c1.C=C(O)Cc1ccc(O)c(O)c1.CC(=O)/C=C/c1ccc(O)c(O)c1.CC(Cc1ccc(O)c(O)c1)(NN)C(=O)O.CC(Cc1ccc(O)c(O)c1)C(C)Cc1ccc(O)c(O)c1.COC(=O)C(C)Cc1ccc(O)c(O)c1.O=c1cc(O)cc(/C=C/c2ccc(O)c(O)c2)o1.Oc1cc(O)cc(/C=C/c2ccc(O)c(O)c2)c1. The van der Waals surface area contributed by atoms with Gasteiger partial charge in [0.05, 0.1) is 24.9 Å². The molecule has 128 heavy (non-hydrogen) atoms. The number of phenolic OH excluding ortho intramolecular Hbond substituents is 20. The summed E-state index contributed by atoms with van der Waals surface area (Å²) in [5.41, 5.74) is 8.74. The number of rotatable bonds is 24. The van der Waals surface area contributed by atoms with Gasteiger partial charge in [0, 0.05) is 37.2 Å². The summed E-state index contributed by atoms with van der Waals surface area (Å²) >= 11 is 0. The molecule has 10 aromatic carbocycles. The summed E-state index contributed by atoms with van der Waals surface area (Å²) in [5, 5.41) is 214. The Morgan fingerprint density at radius 3 is 1.09 bits per heavy atom. The largest absolute Gasteiger partial charge is 0.513 e. The van der Waals surface area contributed by atoms with Crippen molar-refractivity contribution in [3.63, 3.8) is 0 Å². The minimum atomic E-state index is -1.32. The smallest absolute Gasteiger partial charge is 0.339 e. The molecule has 0 aliphatic rings. The average molecular weight is 1770 g/mol. The summed E-state index contributed by atoms with van der Waals surface area (Å²) in [4.78, 5) is 43.6. The molecular weight excluding hydrogens is 1660 g/mol. The van der Waals surface area contributed by atoms with Crippen LogP contribution in [0.25, 0.3) is 30.4 Å². The quantitative estimate of drug-likeness (QED) is 0.00508. The van der Waals surface area contributed by atoms with Crippen LogP contribution < -0.4 is 22.2 Å². The van der Waals surface area contributed by atoms with E-state index in [0.29, 0.717) is 51.6 Å². The molecule has 27 N–H and O–H groups in total. The minimum absolute atomic E-state index is 0.0248. The Balaban J connectivity index is 0.000000308. The molecule has 11 rings (SSSR count). The van der Waals surface area contributed by atoms with Crippen molar-refractivity contribution < 1.29 is 141 Å². The minimum Gasteiger partial charge on any atom is -0.513 e. The lowest BCUT2D eigenvalue weighted by Gasteiger charge is -2.23. The molecule has 0 spiro atoms. The normalized spacial score (nSPS) is 11.7. The zero-order chi connectivity index (χ0) is 95.8. The predicted octanol–water partition coefficient (Wildman–Crippen LogP) is 14.7. The number of carbonyl (C=O) groups excluding carboxylic acids is 2. The second kappa shape index (κ2) is 51.0. The first-order valence-corrected chi connectivity index (χ1v) is 38.7. The van der Waals surface area contributed by atoms with Crippen molar-refractivity contribution in [2.75, 3.05) is 13.7 Å². The number of aliphatic hydroxyl groups excluding tert-OH is 1. The van der Waals surface area contributed by atoms with Crippen LogP contribution in [0.3, 0.4) is 0 Å². The molecule has 0 fully saturated rings. The lowest BCUT2D eigenvalue weighted by molar-refractivity contribution is -0.145. The Hall–Kier alpha value is -16.2. The standard InChI is InChI=1S/C18H22O4.C14H12O4.C13H10O5.C11H15NO2.C11H14O4.C10H14N2O4.C10H10O3.C9H10O3/c1-11(7-13-3-5-15(19)17(21)9-13)12(2)8-14-4-6-16(20)18(22)10-14;15-11-5-10(6-12(16)8-11)2-1-9-3-4-13(17)14(18)7-9;14-9-6-10(18-13(17)7-9)3-1-8-2-4-11(15)12(16)5-8;1-8(2)12-6-5-9-3-4-10(13)11(14)7-9;1-7(11(14)15-2)5-8-3-4-9(12)10(13)6-8;1-10(12-11,9(15)16)5-6-2-3-7(13)8(14)4-6;1-7(11)2-3-8-4-5-9(12)10(13)6-8;1-6(10)4-7-2-3-8(11)9(12)5-7/h3-6,9-12,19-22H,7-8H2,1-2H3;1-8,15-18H;1-7,14-16H;3-4,7,12-14H,1,5-6H2,2H3;3-4,6-7,12-13H,5H2,1-2H3;2-4,12-14H,5,11H2,1H3,(H,15,16);2-6,12-13H,1H3;2-3,5,10-12H,1,4H2/b;2-1+;3-1+;;;;3-2+;. The summed E-state index contributed by atoms with van der Waals surface area (Å²) in [6.45, 7) is 18.6. The number of benzene rings is 10. The molecule has 0 radical (unpaired) electrons. The van der Waals surface area contributed by atoms with Crippen molar-refractivity contribution in [2.45, 2.75) is 85.6 Å². The van der Waals surface area contributed by atoms with E-state index in [0.717, 1.165) is 59.8 Å². The van der Waals surface area contributed by atoms with Crippen molar-refractivity contribution in [3.05, 3.63) is 297 Å². The van der Waals surface area contributed by atoms with Crippen molar-refractivity contribution in [2.24, 2.45) is 23.6 Å². The summed E-state index contributed by atoms with van der Waals surface area (Å²) in [7, 11) is 1.34. The zero-order valence-corrected chi connectivity index (χ0v) is 70.8. The number of aromatic hydroxyl groups is 21. The molecule has 0 saturated heterocycles. The van der Waals surface area contributed by atoms with Crippen molar-refractivity contribution in [3.8, 4) is 121 Å². The maximum absolute atomic E-state index is 11.1. The number of nitrogens with two attached hydrogens (primary N) is 1. The highest BCUT2D eigenvalue weighted by Gasteiger charge is 2.32. The summed E-state index contributed by atoms with van der Waals surface area (Å²) in [5.74, 6) is 1.20. The number of hydrogen-bond donors (Lipinski definition) is 26. The first kappa shape index (κ1) is 104. The van der Waals surface area contributed by atoms with E-state index in [1.165, 1.54) is 154 Å². The number of aliphatic hydroxyl groups is 1. The second-order valence-corrected chi connectivity index (χ2v) is 29.3. The van der Waals surface area contributed by atoms with E-state index in [-0.39, 0.29) is 163 Å². The van der Waals surface area contributed by atoms with E-state index in [4.69, 9.17) is 66.4 Å². The number of ether oxygens (including phenoxy) is 1. The molecular formula is C96H107N3O29. The van der Waals surface area contributed by atoms with Crippen LogP contribution in [0.5, 0.6) is 121 Å². The van der Waals surface area contributed by atoms with Crippen LogP contribution in [0.1, 0.15) is 103 Å². The molecule has 4 unspecified atom stereocenters. The molecule has 0 amide bonds. The lowest BCUT2D eigenvalue weighted by Crippen LogP contribution is -2.54. The van der Waals surface area contributed by atoms with E-state index in [1.54, 1.807) is 85.8 Å². The number of carboxylic acid groups (broad SMARTS) is 1. The Morgan fingerprint density at radius 2 is 0.734 bits per heavy atom. The topological polar surface area (TPSA) is 606 Å². The van der Waals surface area contributed by atoms with Crippen LogP contribution in [0.4, 0.5) is 0 Å². The van der Waals surface area contributed by atoms with Crippen LogP contribution in [0, 0.1) is 17.8 Å². The number of nitrogens with one attached hydrogen (secondary N) is 2. The van der Waals surface area contributed by atoms with E-state index in [2.05, 4.69) is 42.5 Å². The molecule has 1 aromatic heterocycles. The lowest BCUT2D eigenvalue weighted by atomic mass is 9.85. The van der Waals surface area contributed by atoms with Gasteiger partial charge in [0.1, 0.15) is 28.5 Å². The Kier molecular flexibility index (Phi) is 41.5. The predicted molar refractivity (Wildman–Crippen MR) is 482 cm³/mol. The molecule has 0 aliphatic heterocycles. The van der Waals surface area contributed by atoms with Gasteiger partial charge in [0.15, 0.2) is 109 Å². The fourth-order valence-corrected chi connectivity index (χ4v) is 11.0. The molecule has 11 aromatic rings. The molecule has 0 bridgehead atoms. The van der Waals surface area contributed by atoms with E-state index >= 15 is 0 Å². The van der Waals surface area contributed by atoms with Gasteiger partial charge in [0.25, 0.3) is 0 Å². The molecule has 32 heteroatoms. The van der Waals surface area contributed by atoms with Gasteiger partial charge >= 0.3 is 17.6 Å². The van der Waals surface area contributed by atoms with Gasteiger partial charge in [-0.2, -0.15) is 0 Å². The molecule has 32 nitrogen and oxygen atoms in total. The molecule has 0 saturated carbocycles. The van der Waals surface area contributed by atoms with E-state index in [9.17, 15) is 80.5 Å². The number of carbonyl (C=O) groups is 3. The van der Waals surface area contributed by atoms with Gasteiger partial charge in [-0.15, -0.1) is 0 Å². The summed E-state index contributed by atoms with van der Waals surface area (Å²) in [6, 6.07) is 47.2. The van der Waals surface area contributed by atoms with Crippen LogP contribution in [-0.2, 0) is 57.6 Å². The van der Waals surface area contributed by atoms with Gasteiger partial charge in [-0.1, -0.05) is 113 Å². The Bertz CT molecular complexity index is 5650. The molecule has 4 atom stereocenters. The maximum Gasteiger partial charge on any atom is 0.339 e. The van der Waals surface area contributed by atoms with Crippen molar-refractivity contribution >= 4 is 48.1 Å². The fourth-order valence-electron chi connectivity index (χ4n) is 11.0.